The second-order valence-electron chi connectivity index (χ2n) is 7.70. The van der Waals surface area contributed by atoms with E-state index in [1.807, 2.05) is 11.9 Å². The van der Waals surface area contributed by atoms with Crippen LogP contribution in [0.15, 0.2) is 36.5 Å². The van der Waals surface area contributed by atoms with Gasteiger partial charge in [-0.15, -0.1) is 0 Å². The van der Waals surface area contributed by atoms with Gasteiger partial charge in [0, 0.05) is 30.7 Å². The van der Waals surface area contributed by atoms with Gasteiger partial charge in [0.15, 0.2) is 0 Å². The number of nitrogens with zero attached hydrogens (tertiary/aromatic N) is 3. The van der Waals surface area contributed by atoms with Crippen molar-refractivity contribution in [3.8, 4) is 5.69 Å². The van der Waals surface area contributed by atoms with Gasteiger partial charge in [0.2, 0.25) is 5.91 Å². The van der Waals surface area contributed by atoms with E-state index in [1.165, 1.54) is 29.1 Å². The summed E-state index contributed by atoms with van der Waals surface area (Å²) in [4.78, 5) is 34.5. The maximum absolute atomic E-state index is 14.5. The fourth-order valence-corrected chi connectivity index (χ4v) is 3.27. The largest absolute Gasteiger partial charge is 0.490 e. The van der Waals surface area contributed by atoms with Crippen LogP contribution in [0, 0.1) is 17.6 Å². The molecule has 0 aliphatic carbocycles. The number of primary amides is 1. The van der Waals surface area contributed by atoms with Crippen LogP contribution in [0.2, 0.25) is 0 Å². The van der Waals surface area contributed by atoms with Gasteiger partial charge >= 0.3 is 12.1 Å². The third-order valence-corrected chi connectivity index (χ3v) is 4.99. The number of aliphatic carboxylic acids is 1. The molecule has 3 aromatic rings. The van der Waals surface area contributed by atoms with Crippen molar-refractivity contribution in [2.75, 3.05) is 25.5 Å². The fraction of sp³-hybridized carbons (Fsp3) is 0.238. The molecule has 2 heterocycles. The molecule has 35 heavy (non-hydrogen) atoms. The van der Waals surface area contributed by atoms with E-state index in [-0.39, 0.29) is 28.6 Å². The minimum absolute atomic E-state index is 0.0522. The van der Waals surface area contributed by atoms with E-state index < -0.39 is 29.7 Å². The molecule has 1 fully saturated rings. The third kappa shape index (κ3) is 5.90. The summed E-state index contributed by atoms with van der Waals surface area (Å²) in [5.74, 6) is -5.18. The van der Waals surface area contributed by atoms with Gasteiger partial charge in [-0.2, -0.15) is 18.3 Å². The first-order valence-electron chi connectivity index (χ1n) is 9.84. The van der Waals surface area contributed by atoms with Crippen molar-refractivity contribution in [2.24, 2.45) is 11.7 Å². The van der Waals surface area contributed by atoms with Gasteiger partial charge in [-0.1, -0.05) is 0 Å². The van der Waals surface area contributed by atoms with Crippen molar-refractivity contribution >= 4 is 34.4 Å². The Morgan fingerprint density at radius 2 is 1.77 bits per heavy atom. The molecule has 4 N–H and O–H groups in total. The Bertz CT molecular complexity index is 1300. The van der Waals surface area contributed by atoms with Gasteiger partial charge in [0.1, 0.15) is 17.2 Å². The molecule has 2 aromatic carbocycles. The number of likely N-dealkylation sites (tertiary alicyclic amines) is 1. The van der Waals surface area contributed by atoms with E-state index in [9.17, 15) is 31.5 Å². The molecular weight excluding hydrogens is 481 g/mol. The van der Waals surface area contributed by atoms with Crippen LogP contribution < -0.4 is 11.1 Å². The summed E-state index contributed by atoms with van der Waals surface area (Å²) in [6, 6.07) is 6.43. The van der Waals surface area contributed by atoms with Crippen LogP contribution in [-0.2, 0) is 9.59 Å². The Morgan fingerprint density at radius 1 is 1.14 bits per heavy atom. The molecule has 2 amide bonds. The number of carboxylic acid groups (broad SMARTS) is 1. The van der Waals surface area contributed by atoms with Crippen LogP contribution in [0.3, 0.4) is 0 Å². The van der Waals surface area contributed by atoms with Gasteiger partial charge in [0.25, 0.3) is 5.91 Å². The SMILES string of the molecule is CN1CC(C(=O)Nc2ccc(-n3cc4cc(F)cc(C(N)=O)c4n3)cc2F)C1.O=C(O)C(F)(F)F. The van der Waals surface area contributed by atoms with Crippen LogP contribution in [0.4, 0.5) is 27.6 Å². The average Bonchev–Trinajstić information content (AvgIpc) is 3.15. The van der Waals surface area contributed by atoms with Gasteiger partial charge < -0.3 is 21.1 Å². The second kappa shape index (κ2) is 9.66. The molecule has 14 heteroatoms. The van der Waals surface area contributed by atoms with Crippen molar-refractivity contribution in [2.45, 2.75) is 6.18 Å². The van der Waals surface area contributed by atoms with Gasteiger partial charge in [-0.3, -0.25) is 9.59 Å². The van der Waals surface area contributed by atoms with Crippen LogP contribution in [0.1, 0.15) is 10.4 Å². The fourth-order valence-electron chi connectivity index (χ4n) is 3.27. The molecule has 1 aliphatic heterocycles. The number of carbonyl (C=O) groups excluding carboxylic acids is 2. The van der Waals surface area contributed by atoms with Crippen LogP contribution in [-0.4, -0.2) is 63.9 Å². The van der Waals surface area contributed by atoms with Crippen LogP contribution >= 0.6 is 0 Å². The maximum atomic E-state index is 14.5. The smallest absolute Gasteiger partial charge is 0.475 e. The minimum Gasteiger partial charge on any atom is -0.475 e. The number of aromatic nitrogens is 2. The van der Waals surface area contributed by atoms with E-state index in [1.54, 1.807) is 6.07 Å². The number of fused-ring (bicyclic) bond motifs is 1. The van der Waals surface area contributed by atoms with Crippen molar-refractivity contribution in [1.82, 2.24) is 14.7 Å². The molecule has 0 unspecified atom stereocenters. The zero-order valence-corrected chi connectivity index (χ0v) is 17.9. The highest BCUT2D eigenvalue weighted by atomic mass is 19.4. The maximum Gasteiger partial charge on any atom is 0.490 e. The first kappa shape index (κ1) is 25.6. The molecule has 186 valence electrons. The molecule has 0 saturated carbocycles. The van der Waals surface area contributed by atoms with Gasteiger partial charge in [-0.05, 0) is 31.3 Å². The summed E-state index contributed by atoms with van der Waals surface area (Å²) in [7, 11) is 1.91. The van der Waals surface area contributed by atoms with Gasteiger partial charge in [-0.25, -0.2) is 18.3 Å². The van der Waals surface area contributed by atoms with E-state index in [4.69, 9.17) is 15.6 Å². The van der Waals surface area contributed by atoms with E-state index in [0.717, 1.165) is 6.07 Å². The molecule has 1 saturated heterocycles. The number of benzene rings is 2. The number of alkyl halides is 3. The summed E-state index contributed by atoms with van der Waals surface area (Å²) >= 11 is 0. The highest BCUT2D eigenvalue weighted by Gasteiger charge is 2.38. The molecule has 0 atom stereocenters. The molecule has 0 radical (unpaired) electrons. The first-order chi connectivity index (χ1) is 16.3. The summed E-state index contributed by atoms with van der Waals surface area (Å²) in [6.45, 7) is 1.29. The number of carbonyl (C=O) groups is 3. The van der Waals surface area contributed by atoms with Crippen molar-refractivity contribution in [3.05, 3.63) is 53.7 Å². The number of nitrogens with one attached hydrogen (secondary N) is 1. The molecule has 4 rings (SSSR count). The van der Waals surface area contributed by atoms with Crippen molar-refractivity contribution in [3.63, 3.8) is 0 Å². The summed E-state index contributed by atoms with van der Waals surface area (Å²) in [6.07, 6.45) is -3.61. The molecule has 1 aliphatic rings. The van der Waals surface area contributed by atoms with E-state index >= 15 is 0 Å². The molecule has 0 spiro atoms. The first-order valence-corrected chi connectivity index (χ1v) is 9.84. The quantitative estimate of drug-likeness (QED) is 0.473. The lowest BCUT2D eigenvalue weighted by Gasteiger charge is -2.34. The predicted octanol–water partition coefficient (Wildman–Crippen LogP) is 2.54. The Hall–Kier alpha value is -4.07. The van der Waals surface area contributed by atoms with Crippen molar-refractivity contribution < 1.29 is 41.4 Å². The number of halogens is 5. The lowest BCUT2D eigenvalue weighted by Crippen LogP contribution is -2.49. The number of hydrogen-bond donors (Lipinski definition) is 3. The average molecular weight is 499 g/mol. The van der Waals surface area contributed by atoms with E-state index in [2.05, 4.69) is 10.4 Å². The molecule has 1 aromatic heterocycles. The number of nitrogens with two attached hydrogens (primary N) is 1. The lowest BCUT2D eigenvalue weighted by molar-refractivity contribution is -0.192. The second-order valence-corrected chi connectivity index (χ2v) is 7.70. The predicted molar refractivity (Wildman–Crippen MR) is 113 cm³/mol. The highest BCUT2D eigenvalue weighted by molar-refractivity contribution is 6.04. The highest BCUT2D eigenvalue weighted by Crippen LogP contribution is 2.24. The normalized spacial score (nSPS) is 14.1. The van der Waals surface area contributed by atoms with Crippen molar-refractivity contribution in [1.29, 1.82) is 0 Å². The monoisotopic (exact) mass is 499 g/mol. The summed E-state index contributed by atoms with van der Waals surface area (Å²) in [5, 5.41) is 14.3. The number of carboxylic acids is 1. The van der Waals surface area contributed by atoms with E-state index in [0.29, 0.717) is 24.2 Å². The Labute approximate surface area is 193 Å². The molecule has 9 nitrogen and oxygen atoms in total. The van der Waals surface area contributed by atoms with Gasteiger partial charge in [0.05, 0.1) is 22.9 Å². The lowest BCUT2D eigenvalue weighted by atomic mass is 10.0. The Morgan fingerprint density at radius 3 is 2.29 bits per heavy atom. The minimum atomic E-state index is -5.08. The van der Waals surface area contributed by atoms with Crippen LogP contribution in [0.25, 0.3) is 16.6 Å². The number of rotatable bonds is 4. The number of hydrogen-bond acceptors (Lipinski definition) is 5. The number of anilines is 1. The Balaban J connectivity index is 0.000000429. The topological polar surface area (TPSA) is 131 Å². The zero-order valence-electron chi connectivity index (χ0n) is 17.9. The van der Waals surface area contributed by atoms with Crippen LogP contribution in [0.5, 0.6) is 0 Å². The zero-order chi connectivity index (χ0) is 26.1. The third-order valence-electron chi connectivity index (χ3n) is 4.99. The number of amides is 2. The molecule has 0 bridgehead atoms. The standard InChI is InChI=1S/C19H17F2N5O2.C2HF3O2/c1-25-7-11(8-25)19(28)23-16-3-2-13(6-15(16)21)26-9-10-4-12(20)5-14(18(22)27)17(10)24-26;3-2(4,5)1(6)7/h2-6,9,11H,7-8H2,1H3,(H2,22,27)(H,23,28);(H,6,7). The molecular formula is C21H18F5N5O4. The summed E-state index contributed by atoms with van der Waals surface area (Å²) in [5.41, 5.74) is 5.87. The summed E-state index contributed by atoms with van der Waals surface area (Å²) < 4.78 is 61.2. The Kier molecular flexibility index (Phi) is 7.05.